The number of amides is 1. The van der Waals surface area contributed by atoms with Crippen LogP contribution in [0, 0.1) is 0 Å². The normalized spacial score (nSPS) is 9.30. The molecule has 0 aliphatic carbocycles. The maximum atomic E-state index is 10.4. The zero-order chi connectivity index (χ0) is 7.56. The Hall–Kier alpha value is -1.59. The first-order valence-electron chi connectivity index (χ1n) is 2.64. The molecule has 54 valence electrons. The average Bonchev–Trinajstić information content (AvgIpc) is 2.13. The fourth-order valence-corrected chi connectivity index (χ4v) is 0.488. The first-order chi connectivity index (χ1) is 4.68. The highest BCUT2D eigenvalue weighted by Crippen LogP contribution is 1.97. The lowest BCUT2D eigenvalue weighted by Crippen LogP contribution is -2.07. The van der Waals surface area contributed by atoms with Crippen molar-refractivity contribution in [3.8, 4) is 0 Å². The summed E-state index contributed by atoms with van der Waals surface area (Å²) >= 11 is 0. The van der Waals surface area contributed by atoms with Crippen LogP contribution in [0.1, 0.15) is 6.92 Å². The van der Waals surface area contributed by atoms with Crippen molar-refractivity contribution in [2.45, 2.75) is 6.92 Å². The maximum Gasteiger partial charge on any atom is 0.250 e. The number of nitrogens with one attached hydrogen (secondary N) is 2. The van der Waals surface area contributed by atoms with Crippen molar-refractivity contribution in [2.24, 2.45) is 0 Å². The van der Waals surface area contributed by atoms with Gasteiger partial charge in [-0.05, 0) is 0 Å². The molecule has 0 saturated carbocycles. The zero-order valence-electron chi connectivity index (χ0n) is 5.38. The standard InChI is InChI=1S/C4H7N5O/c1-2(10)6-4-7-3(5)8-9-4/h1H3,(H4,5,6,7,8,9,10). The largest absolute Gasteiger partial charge is 0.368 e. The third-order valence-corrected chi connectivity index (χ3v) is 0.791. The molecule has 0 aliphatic heterocycles. The maximum absolute atomic E-state index is 10.4. The van der Waals surface area contributed by atoms with Gasteiger partial charge in [-0.1, -0.05) is 0 Å². The van der Waals surface area contributed by atoms with E-state index in [1.807, 2.05) is 0 Å². The van der Waals surface area contributed by atoms with Gasteiger partial charge in [0.25, 0.3) is 0 Å². The molecule has 0 unspecified atom stereocenters. The van der Waals surface area contributed by atoms with Crippen LogP contribution in [0.3, 0.4) is 0 Å². The van der Waals surface area contributed by atoms with Crippen LogP contribution in [0.25, 0.3) is 0 Å². The van der Waals surface area contributed by atoms with E-state index in [1.165, 1.54) is 6.92 Å². The minimum Gasteiger partial charge on any atom is -0.368 e. The highest BCUT2D eigenvalue weighted by Gasteiger charge is 1.99. The Labute approximate surface area is 56.8 Å². The molecule has 0 spiro atoms. The molecule has 0 atom stereocenters. The van der Waals surface area contributed by atoms with Crippen LogP contribution in [0.4, 0.5) is 11.9 Å². The summed E-state index contributed by atoms with van der Waals surface area (Å²) < 4.78 is 0. The predicted molar refractivity (Wildman–Crippen MR) is 35.1 cm³/mol. The van der Waals surface area contributed by atoms with Crippen molar-refractivity contribution in [2.75, 3.05) is 11.1 Å². The highest BCUT2D eigenvalue weighted by atomic mass is 16.1. The number of nitrogens with zero attached hydrogens (tertiary/aromatic N) is 2. The SMILES string of the molecule is CC(=O)Nc1n[nH]c(N)n1. The minimum absolute atomic E-state index is 0.184. The van der Waals surface area contributed by atoms with Crippen molar-refractivity contribution >= 4 is 17.8 Å². The summed E-state index contributed by atoms with van der Waals surface area (Å²) in [5.74, 6) is 0.160. The molecule has 0 bridgehead atoms. The van der Waals surface area contributed by atoms with Crippen molar-refractivity contribution < 1.29 is 4.79 Å². The van der Waals surface area contributed by atoms with E-state index >= 15 is 0 Å². The van der Waals surface area contributed by atoms with E-state index in [1.54, 1.807) is 0 Å². The van der Waals surface area contributed by atoms with Gasteiger partial charge in [-0.25, -0.2) is 5.10 Å². The van der Waals surface area contributed by atoms with Crippen molar-refractivity contribution in [3.63, 3.8) is 0 Å². The second-order valence-corrected chi connectivity index (χ2v) is 1.73. The molecule has 1 aromatic heterocycles. The van der Waals surface area contributed by atoms with Crippen molar-refractivity contribution in [1.82, 2.24) is 15.2 Å². The molecule has 1 heterocycles. The van der Waals surface area contributed by atoms with E-state index in [0.717, 1.165) is 0 Å². The Morgan fingerprint density at radius 1 is 1.80 bits per heavy atom. The van der Waals surface area contributed by atoms with E-state index in [-0.39, 0.29) is 17.8 Å². The van der Waals surface area contributed by atoms with Gasteiger partial charge in [0, 0.05) is 6.92 Å². The summed E-state index contributed by atoms with van der Waals surface area (Å²) in [5.41, 5.74) is 5.17. The first-order valence-corrected chi connectivity index (χ1v) is 2.64. The van der Waals surface area contributed by atoms with Gasteiger partial charge in [0.1, 0.15) is 0 Å². The second-order valence-electron chi connectivity index (χ2n) is 1.73. The summed E-state index contributed by atoms with van der Waals surface area (Å²) in [4.78, 5) is 14.0. The zero-order valence-corrected chi connectivity index (χ0v) is 5.38. The smallest absolute Gasteiger partial charge is 0.250 e. The van der Waals surface area contributed by atoms with Crippen LogP contribution in [-0.4, -0.2) is 21.1 Å². The number of nitrogen functional groups attached to an aromatic ring is 1. The van der Waals surface area contributed by atoms with E-state index in [4.69, 9.17) is 5.73 Å². The first kappa shape index (κ1) is 6.53. The summed E-state index contributed by atoms with van der Waals surface area (Å²) in [6.07, 6.45) is 0. The van der Waals surface area contributed by atoms with Crippen LogP contribution >= 0.6 is 0 Å². The van der Waals surface area contributed by atoms with Crippen LogP contribution < -0.4 is 11.1 Å². The van der Waals surface area contributed by atoms with E-state index in [2.05, 4.69) is 20.5 Å². The molecule has 0 fully saturated rings. The van der Waals surface area contributed by atoms with Gasteiger partial charge in [0.2, 0.25) is 17.8 Å². The van der Waals surface area contributed by atoms with Gasteiger partial charge < -0.3 is 5.73 Å². The molecular weight excluding hydrogens is 134 g/mol. The Kier molecular flexibility index (Phi) is 1.53. The number of hydrogen-bond donors (Lipinski definition) is 3. The number of hydrogen-bond acceptors (Lipinski definition) is 4. The van der Waals surface area contributed by atoms with Crippen LogP contribution in [-0.2, 0) is 4.79 Å². The molecule has 6 heteroatoms. The highest BCUT2D eigenvalue weighted by molar-refractivity contribution is 5.86. The topological polar surface area (TPSA) is 96.7 Å². The van der Waals surface area contributed by atoms with E-state index < -0.39 is 0 Å². The Bertz CT molecular complexity index is 242. The summed E-state index contributed by atoms with van der Waals surface area (Å²) in [6, 6.07) is 0. The van der Waals surface area contributed by atoms with Gasteiger partial charge in [-0.2, -0.15) is 4.98 Å². The molecule has 0 saturated heterocycles. The molecule has 1 amide bonds. The van der Waals surface area contributed by atoms with Crippen molar-refractivity contribution in [3.05, 3.63) is 0 Å². The van der Waals surface area contributed by atoms with Crippen LogP contribution in [0.5, 0.6) is 0 Å². The fourth-order valence-electron chi connectivity index (χ4n) is 0.488. The average molecular weight is 141 g/mol. The van der Waals surface area contributed by atoms with Crippen LogP contribution in [0.15, 0.2) is 0 Å². The summed E-state index contributed by atoms with van der Waals surface area (Å²) in [7, 11) is 0. The summed E-state index contributed by atoms with van der Waals surface area (Å²) in [5, 5.41) is 8.29. The Morgan fingerprint density at radius 3 is 2.90 bits per heavy atom. The molecular formula is C4H7N5O. The summed E-state index contributed by atoms with van der Waals surface area (Å²) in [6.45, 7) is 1.37. The third kappa shape index (κ3) is 1.44. The molecule has 0 aliphatic rings. The molecule has 4 N–H and O–H groups in total. The number of aromatic amines is 1. The Balaban J connectivity index is 2.67. The lowest BCUT2D eigenvalue weighted by molar-refractivity contribution is -0.114. The van der Waals surface area contributed by atoms with Gasteiger partial charge in [0.15, 0.2) is 0 Å². The third-order valence-electron chi connectivity index (χ3n) is 0.791. The van der Waals surface area contributed by atoms with E-state index in [9.17, 15) is 4.79 Å². The lowest BCUT2D eigenvalue weighted by Gasteiger charge is -1.89. The number of rotatable bonds is 1. The molecule has 1 aromatic rings. The van der Waals surface area contributed by atoms with E-state index in [0.29, 0.717) is 0 Å². The Morgan fingerprint density at radius 2 is 2.50 bits per heavy atom. The fraction of sp³-hybridized carbons (Fsp3) is 0.250. The number of carbonyl (C=O) groups excluding carboxylic acids is 1. The molecule has 6 nitrogen and oxygen atoms in total. The molecule has 0 aromatic carbocycles. The number of H-pyrrole nitrogens is 1. The predicted octanol–water partition coefficient (Wildman–Crippen LogP) is -0.655. The lowest BCUT2D eigenvalue weighted by atomic mass is 10.7. The number of nitrogens with two attached hydrogens (primary N) is 1. The molecule has 10 heavy (non-hydrogen) atoms. The molecule has 1 rings (SSSR count). The second kappa shape index (κ2) is 2.34. The van der Waals surface area contributed by atoms with Gasteiger partial charge in [-0.3, -0.25) is 10.1 Å². The van der Waals surface area contributed by atoms with Gasteiger partial charge >= 0.3 is 0 Å². The number of carbonyl (C=O) groups is 1. The number of anilines is 2. The molecule has 0 radical (unpaired) electrons. The monoisotopic (exact) mass is 141 g/mol. The van der Waals surface area contributed by atoms with Crippen LogP contribution in [0.2, 0.25) is 0 Å². The quantitative estimate of drug-likeness (QED) is 0.484. The van der Waals surface area contributed by atoms with Crippen molar-refractivity contribution in [1.29, 1.82) is 0 Å². The minimum atomic E-state index is -0.223. The number of aromatic nitrogens is 3. The van der Waals surface area contributed by atoms with Gasteiger partial charge in [-0.15, -0.1) is 5.10 Å². The van der Waals surface area contributed by atoms with Gasteiger partial charge in [0.05, 0.1) is 0 Å².